The smallest absolute Gasteiger partial charge is 0.0729 e. The molecule has 0 radical (unpaired) electrons. The first-order valence-electron chi connectivity index (χ1n) is 5.74. The standard InChI is InChI=1S/C11H23NO2/c1-3-5-10(14-4-2)11(12)9-6-7-13-8-9/h9-11H,3-8,12H2,1-2H3. The molecule has 1 aliphatic rings. The largest absolute Gasteiger partial charge is 0.381 e. The van der Waals surface area contributed by atoms with Gasteiger partial charge in [-0.15, -0.1) is 0 Å². The normalized spacial score (nSPS) is 26.4. The van der Waals surface area contributed by atoms with Crippen LogP contribution < -0.4 is 5.73 Å². The van der Waals surface area contributed by atoms with Crippen molar-refractivity contribution in [3.05, 3.63) is 0 Å². The first kappa shape index (κ1) is 12.0. The molecule has 1 rings (SSSR count). The Labute approximate surface area is 86.9 Å². The van der Waals surface area contributed by atoms with Gasteiger partial charge in [-0.25, -0.2) is 0 Å². The van der Waals surface area contributed by atoms with Crippen molar-refractivity contribution in [2.24, 2.45) is 11.7 Å². The number of ether oxygens (including phenoxy) is 2. The first-order chi connectivity index (χ1) is 6.79. The molecule has 84 valence electrons. The molecule has 0 aromatic rings. The predicted molar refractivity (Wildman–Crippen MR) is 57.2 cm³/mol. The van der Waals surface area contributed by atoms with Crippen LogP contribution in [0, 0.1) is 5.92 Å². The molecule has 0 bridgehead atoms. The van der Waals surface area contributed by atoms with Crippen LogP contribution in [0.4, 0.5) is 0 Å². The molecule has 0 aliphatic carbocycles. The van der Waals surface area contributed by atoms with Crippen LogP contribution in [0.5, 0.6) is 0 Å². The summed E-state index contributed by atoms with van der Waals surface area (Å²) < 4.78 is 11.0. The van der Waals surface area contributed by atoms with Gasteiger partial charge < -0.3 is 15.2 Å². The zero-order valence-corrected chi connectivity index (χ0v) is 9.37. The van der Waals surface area contributed by atoms with Crippen molar-refractivity contribution in [1.29, 1.82) is 0 Å². The molecule has 14 heavy (non-hydrogen) atoms. The van der Waals surface area contributed by atoms with E-state index in [9.17, 15) is 0 Å². The highest BCUT2D eigenvalue weighted by molar-refractivity contribution is 4.83. The van der Waals surface area contributed by atoms with Crippen LogP contribution in [-0.4, -0.2) is 32.0 Å². The molecule has 0 aromatic heterocycles. The average molecular weight is 201 g/mol. The van der Waals surface area contributed by atoms with Gasteiger partial charge in [0.15, 0.2) is 0 Å². The van der Waals surface area contributed by atoms with Gasteiger partial charge in [-0.1, -0.05) is 13.3 Å². The Kier molecular flexibility index (Phi) is 5.45. The Hall–Kier alpha value is -0.120. The molecule has 1 heterocycles. The van der Waals surface area contributed by atoms with Gasteiger partial charge in [0.05, 0.1) is 12.7 Å². The molecule has 2 N–H and O–H groups in total. The zero-order chi connectivity index (χ0) is 10.4. The number of hydrogen-bond donors (Lipinski definition) is 1. The van der Waals surface area contributed by atoms with Crippen LogP contribution >= 0.6 is 0 Å². The van der Waals surface area contributed by atoms with Gasteiger partial charge in [0.2, 0.25) is 0 Å². The van der Waals surface area contributed by atoms with E-state index in [1.807, 2.05) is 6.92 Å². The molecule has 3 atom stereocenters. The summed E-state index contributed by atoms with van der Waals surface area (Å²) in [5, 5.41) is 0. The van der Waals surface area contributed by atoms with E-state index in [1.165, 1.54) is 0 Å². The summed E-state index contributed by atoms with van der Waals surface area (Å²) in [4.78, 5) is 0. The van der Waals surface area contributed by atoms with E-state index in [0.717, 1.165) is 39.1 Å². The minimum atomic E-state index is 0.150. The molecular weight excluding hydrogens is 178 g/mol. The average Bonchev–Trinajstić information content (AvgIpc) is 2.69. The number of nitrogens with two attached hydrogens (primary N) is 1. The summed E-state index contributed by atoms with van der Waals surface area (Å²) in [6.45, 7) is 6.63. The summed E-state index contributed by atoms with van der Waals surface area (Å²) in [6, 6.07) is 0.150. The van der Waals surface area contributed by atoms with E-state index < -0.39 is 0 Å². The van der Waals surface area contributed by atoms with E-state index in [-0.39, 0.29) is 12.1 Å². The summed E-state index contributed by atoms with van der Waals surface area (Å²) in [7, 11) is 0. The van der Waals surface area contributed by atoms with Gasteiger partial charge in [-0.2, -0.15) is 0 Å². The fourth-order valence-corrected chi connectivity index (χ4v) is 2.05. The van der Waals surface area contributed by atoms with Crippen molar-refractivity contribution in [1.82, 2.24) is 0 Å². The topological polar surface area (TPSA) is 44.5 Å². The van der Waals surface area contributed by atoms with Crippen molar-refractivity contribution in [3.8, 4) is 0 Å². The molecule has 1 fully saturated rings. The van der Waals surface area contributed by atoms with Gasteiger partial charge in [0.1, 0.15) is 0 Å². The lowest BCUT2D eigenvalue weighted by Crippen LogP contribution is -2.43. The van der Waals surface area contributed by atoms with Crippen LogP contribution in [0.3, 0.4) is 0 Å². The third-order valence-corrected chi connectivity index (χ3v) is 2.89. The predicted octanol–water partition coefficient (Wildman–Crippen LogP) is 1.56. The number of hydrogen-bond acceptors (Lipinski definition) is 3. The maximum atomic E-state index is 6.19. The van der Waals surface area contributed by atoms with Crippen LogP contribution in [0.25, 0.3) is 0 Å². The van der Waals surface area contributed by atoms with Gasteiger partial charge in [-0.3, -0.25) is 0 Å². The van der Waals surface area contributed by atoms with Crippen LogP contribution in [0.2, 0.25) is 0 Å². The number of rotatable bonds is 6. The molecule has 0 spiro atoms. The summed E-state index contributed by atoms with van der Waals surface area (Å²) in [5.41, 5.74) is 6.19. The lowest BCUT2D eigenvalue weighted by Gasteiger charge is -2.27. The zero-order valence-electron chi connectivity index (χ0n) is 9.37. The fourth-order valence-electron chi connectivity index (χ4n) is 2.05. The second-order valence-corrected chi connectivity index (χ2v) is 3.98. The van der Waals surface area contributed by atoms with Crippen molar-refractivity contribution in [2.75, 3.05) is 19.8 Å². The highest BCUT2D eigenvalue weighted by Crippen LogP contribution is 2.21. The van der Waals surface area contributed by atoms with Gasteiger partial charge in [-0.05, 0) is 19.8 Å². The SMILES string of the molecule is CCCC(OCC)C(N)C1CCOC1. The van der Waals surface area contributed by atoms with Gasteiger partial charge in [0, 0.05) is 25.2 Å². The Morgan fingerprint density at radius 2 is 2.29 bits per heavy atom. The second-order valence-electron chi connectivity index (χ2n) is 3.98. The van der Waals surface area contributed by atoms with Gasteiger partial charge in [0.25, 0.3) is 0 Å². The van der Waals surface area contributed by atoms with Crippen LogP contribution in [0.1, 0.15) is 33.1 Å². The van der Waals surface area contributed by atoms with E-state index >= 15 is 0 Å². The highest BCUT2D eigenvalue weighted by Gasteiger charge is 2.29. The Bertz CT molecular complexity index is 140. The van der Waals surface area contributed by atoms with E-state index in [0.29, 0.717) is 5.92 Å². The molecule has 1 saturated heterocycles. The van der Waals surface area contributed by atoms with Crippen LogP contribution in [0.15, 0.2) is 0 Å². The Morgan fingerprint density at radius 3 is 2.79 bits per heavy atom. The van der Waals surface area contributed by atoms with Crippen molar-refractivity contribution >= 4 is 0 Å². The summed E-state index contributed by atoms with van der Waals surface area (Å²) >= 11 is 0. The molecule has 3 heteroatoms. The molecule has 1 aliphatic heterocycles. The molecular formula is C11H23NO2. The summed E-state index contributed by atoms with van der Waals surface area (Å²) in [6.07, 6.45) is 3.50. The Balaban J connectivity index is 2.39. The second kappa shape index (κ2) is 6.38. The quantitative estimate of drug-likeness (QED) is 0.709. The van der Waals surface area contributed by atoms with E-state index in [4.69, 9.17) is 15.2 Å². The molecule has 3 unspecified atom stereocenters. The monoisotopic (exact) mass is 201 g/mol. The van der Waals surface area contributed by atoms with Gasteiger partial charge >= 0.3 is 0 Å². The third kappa shape index (κ3) is 3.23. The molecule has 0 saturated carbocycles. The maximum Gasteiger partial charge on any atom is 0.0729 e. The first-order valence-corrected chi connectivity index (χ1v) is 5.74. The molecule has 3 nitrogen and oxygen atoms in total. The third-order valence-electron chi connectivity index (χ3n) is 2.89. The van der Waals surface area contributed by atoms with Crippen molar-refractivity contribution < 1.29 is 9.47 Å². The minimum absolute atomic E-state index is 0.150. The molecule has 0 amide bonds. The lowest BCUT2D eigenvalue weighted by molar-refractivity contribution is 0.0212. The Morgan fingerprint density at radius 1 is 1.50 bits per heavy atom. The minimum Gasteiger partial charge on any atom is -0.381 e. The molecule has 0 aromatic carbocycles. The van der Waals surface area contributed by atoms with E-state index in [1.54, 1.807) is 0 Å². The lowest BCUT2D eigenvalue weighted by atomic mass is 9.93. The van der Waals surface area contributed by atoms with Crippen molar-refractivity contribution in [3.63, 3.8) is 0 Å². The highest BCUT2D eigenvalue weighted by atomic mass is 16.5. The fraction of sp³-hybridized carbons (Fsp3) is 1.00. The van der Waals surface area contributed by atoms with Crippen LogP contribution in [-0.2, 0) is 9.47 Å². The van der Waals surface area contributed by atoms with E-state index in [2.05, 4.69) is 6.92 Å². The maximum absolute atomic E-state index is 6.19. The summed E-state index contributed by atoms with van der Waals surface area (Å²) in [5.74, 6) is 0.498. The van der Waals surface area contributed by atoms with Crippen molar-refractivity contribution in [2.45, 2.75) is 45.3 Å².